The van der Waals surface area contributed by atoms with Gasteiger partial charge in [0.05, 0.1) is 19.3 Å². The van der Waals surface area contributed by atoms with Gasteiger partial charge in [-0.25, -0.2) is 0 Å². The van der Waals surface area contributed by atoms with Crippen LogP contribution < -0.4 is 5.32 Å². The van der Waals surface area contributed by atoms with E-state index in [1.54, 1.807) is 0 Å². The number of nitrogens with one attached hydrogen (secondary N) is 1. The van der Waals surface area contributed by atoms with Gasteiger partial charge in [-0.2, -0.15) is 5.26 Å². The van der Waals surface area contributed by atoms with Crippen molar-refractivity contribution < 1.29 is 9.47 Å². The second kappa shape index (κ2) is 9.41. The highest BCUT2D eigenvalue weighted by Gasteiger charge is 2.23. The minimum Gasteiger partial charge on any atom is -0.379 e. The van der Waals surface area contributed by atoms with Crippen molar-refractivity contribution in [1.82, 2.24) is 5.32 Å². The molecule has 0 heterocycles. The highest BCUT2D eigenvalue weighted by Crippen LogP contribution is 2.12. The van der Waals surface area contributed by atoms with Crippen molar-refractivity contribution >= 4 is 0 Å². The summed E-state index contributed by atoms with van der Waals surface area (Å²) in [5.41, 5.74) is -0.447. The summed E-state index contributed by atoms with van der Waals surface area (Å²) < 4.78 is 10.6. The molecule has 0 saturated carbocycles. The van der Waals surface area contributed by atoms with Crippen LogP contribution >= 0.6 is 0 Å². The van der Waals surface area contributed by atoms with Crippen LogP contribution in [0.5, 0.6) is 0 Å². The van der Waals surface area contributed by atoms with Crippen LogP contribution in [0.4, 0.5) is 0 Å². The molecule has 1 atom stereocenters. The first kappa shape index (κ1) is 16.4. The van der Waals surface area contributed by atoms with Gasteiger partial charge in [0.2, 0.25) is 0 Å². The average Bonchev–Trinajstić information content (AvgIpc) is 2.27. The number of ether oxygens (including phenoxy) is 2. The molecule has 0 aromatic rings. The summed E-state index contributed by atoms with van der Waals surface area (Å²) >= 11 is 0. The number of rotatable bonds is 10. The molecule has 0 aliphatic carbocycles. The maximum absolute atomic E-state index is 9.13. The molecule has 0 radical (unpaired) electrons. The monoisotopic (exact) mass is 242 g/mol. The Hall–Kier alpha value is -0.630. The zero-order valence-electron chi connectivity index (χ0n) is 11.6. The first-order chi connectivity index (χ1) is 8.04. The Morgan fingerprint density at radius 3 is 2.41 bits per heavy atom. The summed E-state index contributed by atoms with van der Waals surface area (Å²) in [5, 5.41) is 12.4. The summed E-state index contributed by atoms with van der Waals surface area (Å²) in [7, 11) is 0. The molecule has 1 N–H and O–H groups in total. The highest BCUT2D eigenvalue weighted by molar-refractivity contribution is 5.04. The molecule has 4 nitrogen and oxygen atoms in total. The molecule has 17 heavy (non-hydrogen) atoms. The predicted octanol–water partition coefficient (Wildman–Crippen LogP) is 2.10. The Labute approximate surface area is 105 Å². The molecule has 0 fully saturated rings. The van der Waals surface area contributed by atoms with Gasteiger partial charge in [-0.3, -0.25) is 5.32 Å². The minimum absolute atomic E-state index is 0.318. The summed E-state index contributed by atoms with van der Waals surface area (Å²) in [4.78, 5) is 0. The molecular weight excluding hydrogens is 216 g/mol. The third-order valence-electron chi connectivity index (χ3n) is 2.40. The lowest BCUT2D eigenvalue weighted by molar-refractivity contribution is 0.0500. The van der Waals surface area contributed by atoms with Crippen LogP contribution in [-0.4, -0.2) is 38.0 Å². The molecule has 100 valence electrons. The van der Waals surface area contributed by atoms with Gasteiger partial charge in [-0.15, -0.1) is 0 Å². The maximum Gasteiger partial charge on any atom is 0.104 e. The van der Waals surface area contributed by atoms with E-state index in [-0.39, 0.29) is 0 Å². The van der Waals surface area contributed by atoms with Gasteiger partial charge in [-0.1, -0.05) is 0 Å². The number of hydrogen-bond acceptors (Lipinski definition) is 4. The van der Waals surface area contributed by atoms with Crippen LogP contribution in [0.2, 0.25) is 0 Å². The Bertz CT molecular complexity index is 226. The summed E-state index contributed by atoms with van der Waals surface area (Å²) in [5.74, 6) is 0. The van der Waals surface area contributed by atoms with Crippen molar-refractivity contribution in [3.8, 4) is 6.07 Å². The first-order valence-corrected chi connectivity index (χ1v) is 6.38. The average molecular weight is 242 g/mol. The Kier molecular flexibility index (Phi) is 9.06. The van der Waals surface area contributed by atoms with Crippen molar-refractivity contribution in [3.63, 3.8) is 0 Å². The van der Waals surface area contributed by atoms with E-state index in [9.17, 15) is 0 Å². The number of hydrogen-bond donors (Lipinski definition) is 1. The minimum atomic E-state index is -0.447. The van der Waals surface area contributed by atoms with E-state index in [1.807, 2.05) is 27.7 Å². The molecule has 1 unspecified atom stereocenters. The third kappa shape index (κ3) is 9.11. The number of nitriles is 1. The summed E-state index contributed by atoms with van der Waals surface area (Å²) in [6.07, 6.45) is 1.69. The van der Waals surface area contributed by atoms with Gasteiger partial charge in [0.25, 0.3) is 0 Å². The van der Waals surface area contributed by atoms with E-state index in [0.717, 1.165) is 19.4 Å². The van der Waals surface area contributed by atoms with Gasteiger partial charge in [-0.05, 0) is 40.5 Å². The molecule has 0 aromatic carbocycles. The van der Waals surface area contributed by atoms with E-state index < -0.39 is 5.54 Å². The second-order valence-electron chi connectivity index (χ2n) is 4.66. The van der Waals surface area contributed by atoms with Crippen LogP contribution in [0.1, 0.15) is 40.5 Å². The lowest BCUT2D eigenvalue weighted by Crippen LogP contribution is -2.45. The Balaban J connectivity index is 3.60. The van der Waals surface area contributed by atoms with E-state index in [4.69, 9.17) is 14.7 Å². The van der Waals surface area contributed by atoms with Crippen molar-refractivity contribution in [1.29, 1.82) is 5.26 Å². The van der Waals surface area contributed by atoms with Crippen molar-refractivity contribution in [2.45, 2.75) is 52.1 Å². The zero-order chi connectivity index (χ0) is 13.1. The highest BCUT2D eigenvalue weighted by atomic mass is 16.5. The molecular formula is C13H26N2O2. The van der Waals surface area contributed by atoms with E-state index in [1.165, 1.54) is 0 Å². The van der Waals surface area contributed by atoms with Gasteiger partial charge in [0.15, 0.2) is 0 Å². The normalized spacial score (nSPS) is 14.6. The molecule has 0 spiro atoms. The van der Waals surface area contributed by atoms with Crippen LogP contribution in [0.15, 0.2) is 0 Å². The van der Waals surface area contributed by atoms with Crippen LogP contribution in [0, 0.1) is 11.3 Å². The Morgan fingerprint density at radius 2 is 1.88 bits per heavy atom. The number of nitrogens with zero attached hydrogens (tertiary/aromatic N) is 1. The lowest BCUT2D eigenvalue weighted by Gasteiger charge is -2.25. The van der Waals surface area contributed by atoms with E-state index in [2.05, 4.69) is 11.4 Å². The molecule has 0 amide bonds. The lowest BCUT2D eigenvalue weighted by atomic mass is 9.97. The predicted molar refractivity (Wildman–Crippen MR) is 68.8 cm³/mol. The second-order valence-corrected chi connectivity index (χ2v) is 4.66. The summed E-state index contributed by atoms with van der Waals surface area (Å²) in [6, 6.07) is 2.65. The molecule has 0 aromatic heterocycles. The van der Waals surface area contributed by atoms with Gasteiger partial charge in [0.1, 0.15) is 5.54 Å². The van der Waals surface area contributed by atoms with Crippen molar-refractivity contribution in [2.75, 3.05) is 26.4 Å². The van der Waals surface area contributed by atoms with Crippen molar-refractivity contribution in [2.24, 2.45) is 0 Å². The largest absolute Gasteiger partial charge is 0.379 e. The molecule has 4 heteroatoms. The van der Waals surface area contributed by atoms with Gasteiger partial charge >= 0.3 is 0 Å². The quantitative estimate of drug-likeness (QED) is 0.596. The smallest absolute Gasteiger partial charge is 0.104 e. The molecule has 0 rings (SSSR count). The van der Waals surface area contributed by atoms with E-state index in [0.29, 0.717) is 25.9 Å². The molecule has 0 aliphatic rings. The maximum atomic E-state index is 9.13. The fraction of sp³-hybridized carbons (Fsp3) is 0.923. The van der Waals surface area contributed by atoms with Crippen LogP contribution in [-0.2, 0) is 9.47 Å². The Morgan fingerprint density at radius 1 is 1.24 bits per heavy atom. The molecule has 0 aliphatic heterocycles. The van der Waals surface area contributed by atoms with Gasteiger partial charge in [0, 0.05) is 19.3 Å². The van der Waals surface area contributed by atoms with E-state index >= 15 is 0 Å². The SMILES string of the molecule is CCOCCOCCCC(C)(C#N)NC(C)C. The van der Waals surface area contributed by atoms with Crippen molar-refractivity contribution in [3.05, 3.63) is 0 Å². The topological polar surface area (TPSA) is 54.3 Å². The molecule has 0 bridgehead atoms. The van der Waals surface area contributed by atoms with Crippen LogP contribution in [0.25, 0.3) is 0 Å². The first-order valence-electron chi connectivity index (χ1n) is 6.38. The zero-order valence-corrected chi connectivity index (χ0v) is 11.6. The molecule has 0 saturated heterocycles. The standard InChI is InChI=1S/C13H26N2O2/c1-5-16-9-10-17-8-6-7-13(4,11-14)15-12(2)3/h12,15H,5-10H2,1-4H3. The van der Waals surface area contributed by atoms with Crippen LogP contribution in [0.3, 0.4) is 0 Å². The summed E-state index contributed by atoms with van der Waals surface area (Å²) in [6.45, 7) is 10.7. The fourth-order valence-corrected chi connectivity index (χ4v) is 1.69. The van der Waals surface area contributed by atoms with Gasteiger partial charge < -0.3 is 9.47 Å². The fourth-order valence-electron chi connectivity index (χ4n) is 1.69. The third-order valence-corrected chi connectivity index (χ3v) is 2.40.